The molecule has 0 aliphatic heterocycles. The molecule has 80 valence electrons. The van der Waals surface area contributed by atoms with E-state index in [4.69, 9.17) is 0 Å². The van der Waals surface area contributed by atoms with E-state index in [9.17, 15) is 0 Å². The molecule has 2 heteroatoms. The first-order chi connectivity index (χ1) is 6.06. The van der Waals surface area contributed by atoms with E-state index in [1.165, 1.54) is 19.6 Å². The molecule has 0 fully saturated rings. The standard InChI is InChI=1S/C11H26N2/c1-10(2)8-13(7-6-12-5)9-11(3)4/h10-12H,6-9H2,1-5H3. The maximum absolute atomic E-state index is 3.20. The van der Waals surface area contributed by atoms with Gasteiger partial charge >= 0.3 is 0 Å². The van der Waals surface area contributed by atoms with Gasteiger partial charge in [-0.05, 0) is 18.9 Å². The molecule has 13 heavy (non-hydrogen) atoms. The summed E-state index contributed by atoms with van der Waals surface area (Å²) in [5.41, 5.74) is 0. The van der Waals surface area contributed by atoms with Crippen molar-refractivity contribution in [1.82, 2.24) is 10.2 Å². The Bertz CT molecular complexity index is 101. The second kappa shape index (κ2) is 7.34. The fourth-order valence-corrected chi connectivity index (χ4v) is 1.56. The summed E-state index contributed by atoms with van der Waals surface area (Å²) in [5.74, 6) is 1.55. The average molecular weight is 186 g/mol. The summed E-state index contributed by atoms with van der Waals surface area (Å²) in [5, 5.41) is 3.20. The van der Waals surface area contributed by atoms with Crippen molar-refractivity contribution in [2.45, 2.75) is 27.7 Å². The highest BCUT2D eigenvalue weighted by Gasteiger charge is 2.07. The topological polar surface area (TPSA) is 15.3 Å². The average Bonchev–Trinajstić information content (AvgIpc) is 1.98. The Labute approximate surface area is 83.7 Å². The van der Waals surface area contributed by atoms with Crippen LogP contribution in [0, 0.1) is 11.8 Å². The molecule has 0 bridgehead atoms. The Morgan fingerprint density at radius 1 is 1.00 bits per heavy atom. The summed E-state index contributed by atoms with van der Waals surface area (Å²) in [7, 11) is 2.02. The molecule has 0 aromatic rings. The second-order valence-corrected chi connectivity index (χ2v) is 4.65. The summed E-state index contributed by atoms with van der Waals surface area (Å²) in [6.07, 6.45) is 0. The number of hydrogen-bond acceptors (Lipinski definition) is 2. The van der Waals surface area contributed by atoms with Crippen LogP contribution in [0.25, 0.3) is 0 Å². The lowest BCUT2D eigenvalue weighted by molar-refractivity contribution is 0.221. The van der Waals surface area contributed by atoms with Crippen molar-refractivity contribution in [2.24, 2.45) is 11.8 Å². The van der Waals surface area contributed by atoms with Gasteiger partial charge in [-0.3, -0.25) is 0 Å². The first-order valence-corrected chi connectivity index (χ1v) is 5.43. The molecule has 0 radical (unpaired) electrons. The smallest absolute Gasteiger partial charge is 0.0107 e. The Hall–Kier alpha value is -0.0800. The molecule has 0 aliphatic carbocycles. The van der Waals surface area contributed by atoms with E-state index in [0.717, 1.165) is 18.4 Å². The van der Waals surface area contributed by atoms with Crippen molar-refractivity contribution in [2.75, 3.05) is 33.2 Å². The molecule has 0 aromatic carbocycles. The predicted molar refractivity (Wildman–Crippen MR) is 60.0 cm³/mol. The van der Waals surface area contributed by atoms with Crippen molar-refractivity contribution < 1.29 is 0 Å². The summed E-state index contributed by atoms with van der Waals surface area (Å²) in [6.45, 7) is 13.9. The molecular formula is C11H26N2. The summed E-state index contributed by atoms with van der Waals surface area (Å²) in [6, 6.07) is 0. The first-order valence-electron chi connectivity index (χ1n) is 5.43. The van der Waals surface area contributed by atoms with Gasteiger partial charge in [0.05, 0.1) is 0 Å². The number of nitrogens with one attached hydrogen (secondary N) is 1. The van der Waals surface area contributed by atoms with Crippen LogP contribution in [-0.2, 0) is 0 Å². The van der Waals surface area contributed by atoms with Crippen molar-refractivity contribution in [1.29, 1.82) is 0 Å². The third-order valence-corrected chi connectivity index (χ3v) is 1.92. The van der Waals surface area contributed by atoms with Crippen LogP contribution in [0.2, 0.25) is 0 Å². The van der Waals surface area contributed by atoms with Crippen LogP contribution in [0.1, 0.15) is 27.7 Å². The van der Waals surface area contributed by atoms with E-state index in [2.05, 4.69) is 37.9 Å². The number of nitrogens with zero attached hydrogens (tertiary/aromatic N) is 1. The largest absolute Gasteiger partial charge is 0.318 e. The van der Waals surface area contributed by atoms with Gasteiger partial charge in [0.15, 0.2) is 0 Å². The van der Waals surface area contributed by atoms with Gasteiger partial charge in [-0.2, -0.15) is 0 Å². The minimum Gasteiger partial charge on any atom is -0.318 e. The van der Waals surface area contributed by atoms with Gasteiger partial charge in [0.2, 0.25) is 0 Å². The highest BCUT2D eigenvalue weighted by atomic mass is 15.1. The zero-order valence-electron chi connectivity index (χ0n) is 9.93. The van der Waals surface area contributed by atoms with Gasteiger partial charge in [-0.15, -0.1) is 0 Å². The van der Waals surface area contributed by atoms with Gasteiger partial charge in [-0.1, -0.05) is 27.7 Å². The van der Waals surface area contributed by atoms with E-state index in [0.29, 0.717) is 0 Å². The maximum Gasteiger partial charge on any atom is 0.0107 e. The lowest BCUT2D eigenvalue weighted by atomic mass is 10.1. The lowest BCUT2D eigenvalue weighted by Gasteiger charge is -2.25. The van der Waals surface area contributed by atoms with E-state index in [1.807, 2.05) is 7.05 Å². The highest BCUT2D eigenvalue weighted by Crippen LogP contribution is 2.02. The van der Waals surface area contributed by atoms with Crippen LogP contribution in [0.5, 0.6) is 0 Å². The Morgan fingerprint density at radius 2 is 1.46 bits per heavy atom. The molecule has 0 spiro atoms. The molecule has 1 N–H and O–H groups in total. The number of hydrogen-bond donors (Lipinski definition) is 1. The second-order valence-electron chi connectivity index (χ2n) is 4.65. The molecule has 0 saturated carbocycles. The predicted octanol–water partition coefficient (Wildman–Crippen LogP) is 1.82. The molecule has 0 atom stereocenters. The fourth-order valence-electron chi connectivity index (χ4n) is 1.56. The molecular weight excluding hydrogens is 160 g/mol. The molecule has 0 aromatic heterocycles. The Kier molecular flexibility index (Phi) is 7.29. The number of likely N-dealkylation sites (N-methyl/N-ethyl adjacent to an activating group) is 1. The molecule has 2 nitrogen and oxygen atoms in total. The Morgan fingerprint density at radius 3 is 1.77 bits per heavy atom. The van der Waals surface area contributed by atoms with Crippen LogP contribution in [0.3, 0.4) is 0 Å². The van der Waals surface area contributed by atoms with E-state index in [1.54, 1.807) is 0 Å². The molecule has 0 unspecified atom stereocenters. The van der Waals surface area contributed by atoms with Gasteiger partial charge < -0.3 is 10.2 Å². The monoisotopic (exact) mass is 186 g/mol. The van der Waals surface area contributed by atoms with Crippen molar-refractivity contribution in [3.63, 3.8) is 0 Å². The summed E-state index contributed by atoms with van der Waals surface area (Å²) < 4.78 is 0. The number of rotatable bonds is 7. The first kappa shape index (κ1) is 12.9. The van der Waals surface area contributed by atoms with Gasteiger partial charge in [0.1, 0.15) is 0 Å². The van der Waals surface area contributed by atoms with Gasteiger partial charge in [0.25, 0.3) is 0 Å². The lowest BCUT2D eigenvalue weighted by Crippen LogP contribution is -2.36. The third-order valence-electron chi connectivity index (χ3n) is 1.92. The normalized spacial score (nSPS) is 12.0. The molecule has 0 rings (SSSR count). The third kappa shape index (κ3) is 8.26. The zero-order chi connectivity index (χ0) is 10.3. The minimum absolute atomic E-state index is 0.774. The van der Waals surface area contributed by atoms with Crippen LogP contribution in [0.4, 0.5) is 0 Å². The zero-order valence-corrected chi connectivity index (χ0v) is 9.93. The molecule has 0 saturated heterocycles. The van der Waals surface area contributed by atoms with E-state index >= 15 is 0 Å². The maximum atomic E-state index is 3.20. The van der Waals surface area contributed by atoms with E-state index in [-0.39, 0.29) is 0 Å². The van der Waals surface area contributed by atoms with Crippen molar-refractivity contribution in [3.05, 3.63) is 0 Å². The van der Waals surface area contributed by atoms with Crippen LogP contribution < -0.4 is 5.32 Å². The van der Waals surface area contributed by atoms with Gasteiger partial charge in [0, 0.05) is 26.2 Å². The van der Waals surface area contributed by atoms with Crippen molar-refractivity contribution >= 4 is 0 Å². The quantitative estimate of drug-likeness (QED) is 0.652. The SMILES string of the molecule is CNCCN(CC(C)C)CC(C)C. The molecule has 0 amide bonds. The molecule has 0 heterocycles. The fraction of sp³-hybridized carbons (Fsp3) is 1.00. The van der Waals surface area contributed by atoms with Crippen LogP contribution in [-0.4, -0.2) is 38.1 Å². The minimum atomic E-state index is 0.774. The van der Waals surface area contributed by atoms with E-state index < -0.39 is 0 Å². The van der Waals surface area contributed by atoms with Gasteiger partial charge in [-0.25, -0.2) is 0 Å². The summed E-state index contributed by atoms with van der Waals surface area (Å²) in [4.78, 5) is 2.55. The molecule has 0 aliphatic rings. The van der Waals surface area contributed by atoms with Crippen LogP contribution >= 0.6 is 0 Å². The summed E-state index contributed by atoms with van der Waals surface area (Å²) >= 11 is 0. The van der Waals surface area contributed by atoms with Crippen LogP contribution in [0.15, 0.2) is 0 Å². The Balaban J connectivity index is 3.73. The van der Waals surface area contributed by atoms with Crippen molar-refractivity contribution in [3.8, 4) is 0 Å². The highest BCUT2D eigenvalue weighted by molar-refractivity contribution is 4.63.